The van der Waals surface area contributed by atoms with Crippen LogP contribution in [0.2, 0.25) is 0 Å². The van der Waals surface area contributed by atoms with E-state index in [0.29, 0.717) is 6.54 Å². The monoisotopic (exact) mass is 251 g/mol. The molecule has 0 saturated heterocycles. The highest BCUT2D eigenvalue weighted by Gasteiger charge is 2.17. The number of carbonyl (C=O) groups excluding carboxylic acids is 2. The number of halogens is 1. The second kappa shape index (κ2) is 9.42. The van der Waals surface area contributed by atoms with Crippen molar-refractivity contribution in [2.45, 2.75) is 33.2 Å². The van der Waals surface area contributed by atoms with E-state index in [9.17, 15) is 9.59 Å². The highest BCUT2D eigenvalue weighted by atomic mass is 35.5. The largest absolute Gasteiger partial charge is 0.355 e. The molecular formula is C10H22ClN3O2. The summed E-state index contributed by atoms with van der Waals surface area (Å²) in [6.07, 6.45) is 0.880. The Hall–Kier alpha value is -0.810. The molecule has 0 spiro atoms. The van der Waals surface area contributed by atoms with Gasteiger partial charge in [-0.15, -0.1) is 12.4 Å². The van der Waals surface area contributed by atoms with Gasteiger partial charge in [0.05, 0.1) is 12.6 Å². The first-order valence-corrected chi connectivity index (χ1v) is 5.29. The molecule has 96 valence electrons. The number of nitrogens with one attached hydrogen (secondary N) is 2. The van der Waals surface area contributed by atoms with Gasteiger partial charge in [0, 0.05) is 6.54 Å². The zero-order valence-electron chi connectivity index (χ0n) is 10.1. The van der Waals surface area contributed by atoms with Crippen molar-refractivity contribution in [1.29, 1.82) is 0 Å². The van der Waals surface area contributed by atoms with Gasteiger partial charge in [-0.1, -0.05) is 20.8 Å². The topological polar surface area (TPSA) is 84.2 Å². The molecule has 1 atom stereocenters. The number of hydrogen-bond acceptors (Lipinski definition) is 3. The molecule has 4 N–H and O–H groups in total. The van der Waals surface area contributed by atoms with Gasteiger partial charge in [0.1, 0.15) is 0 Å². The average molecular weight is 252 g/mol. The van der Waals surface area contributed by atoms with E-state index < -0.39 is 6.04 Å². The Morgan fingerprint density at radius 3 is 2.25 bits per heavy atom. The lowest BCUT2D eigenvalue weighted by Gasteiger charge is -2.14. The molecule has 0 bridgehead atoms. The van der Waals surface area contributed by atoms with Crippen LogP contribution < -0.4 is 16.4 Å². The van der Waals surface area contributed by atoms with Crippen LogP contribution in [-0.4, -0.2) is 30.9 Å². The molecule has 0 aliphatic heterocycles. The van der Waals surface area contributed by atoms with Gasteiger partial charge in [-0.25, -0.2) is 0 Å². The molecule has 0 aromatic rings. The Morgan fingerprint density at radius 2 is 1.81 bits per heavy atom. The Kier molecular flexibility index (Phi) is 10.3. The molecule has 0 radical (unpaired) electrons. The van der Waals surface area contributed by atoms with Gasteiger partial charge < -0.3 is 16.4 Å². The first-order valence-electron chi connectivity index (χ1n) is 5.29. The molecule has 2 amide bonds. The summed E-state index contributed by atoms with van der Waals surface area (Å²) in [7, 11) is 0. The van der Waals surface area contributed by atoms with E-state index in [1.807, 2.05) is 20.8 Å². The van der Waals surface area contributed by atoms with E-state index in [1.165, 1.54) is 0 Å². The maximum Gasteiger partial charge on any atom is 0.239 e. The number of hydrogen-bond donors (Lipinski definition) is 3. The highest BCUT2D eigenvalue weighted by molar-refractivity contribution is 5.87. The third-order valence-electron chi connectivity index (χ3n) is 2.02. The van der Waals surface area contributed by atoms with Crippen LogP contribution in [0.3, 0.4) is 0 Å². The minimum absolute atomic E-state index is 0. The fourth-order valence-corrected chi connectivity index (χ4v) is 0.915. The molecule has 0 aromatic heterocycles. The predicted octanol–water partition coefficient (Wildman–Crippen LogP) is 0.0339. The summed E-state index contributed by atoms with van der Waals surface area (Å²) in [5.41, 5.74) is 5.60. The molecule has 0 fully saturated rings. The standard InChI is InChI=1S/C10H21N3O2.ClH/c1-4-5-12-8(14)6-13-10(15)9(11)7(2)3;/h7,9H,4-6,11H2,1-3H3,(H,12,14)(H,13,15);1H/t9-;/m0./s1. The third kappa shape index (κ3) is 7.48. The first-order chi connectivity index (χ1) is 6.99. The van der Waals surface area contributed by atoms with Crippen molar-refractivity contribution in [2.24, 2.45) is 11.7 Å². The Balaban J connectivity index is 0. The first kappa shape index (κ1) is 17.6. The summed E-state index contributed by atoms with van der Waals surface area (Å²) in [5.74, 6) is -0.387. The van der Waals surface area contributed by atoms with Crippen molar-refractivity contribution < 1.29 is 9.59 Å². The van der Waals surface area contributed by atoms with Crippen LogP contribution in [0.4, 0.5) is 0 Å². The Labute approximate surface area is 103 Å². The van der Waals surface area contributed by atoms with Crippen molar-refractivity contribution in [2.75, 3.05) is 13.1 Å². The van der Waals surface area contributed by atoms with Crippen LogP contribution >= 0.6 is 12.4 Å². The van der Waals surface area contributed by atoms with E-state index in [0.717, 1.165) is 6.42 Å². The second-order valence-corrected chi connectivity index (χ2v) is 3.84. The minimum atomic E-state index is -0.552. The summed E-state index contributed by atoms with van der Waals surface area (Å²) < 4.78 is 0. The van der Waals surface area contributed by atoms with Crippen molar-refractivity contribution in [3.63, 3.8) is 0 Å². The highest BCUT2D eigenvalue weighted by Crippen LogP contribution is 1.97. The summed E-state index contributed by atoms with van der Waals surface area (Å²) in [6, 6.07) is -0.552. The molecule has 0 unspecified atom stereocenters. The lowest BCUT2D eigenvalue weighted by molar-refractivity contribution is -0.127. The summed E-state index contributed by atoms with van der Waals surface area (Å²) in [6.45, 7) is 6.32. The van der Waals surface area contributed by atoms with Crippen LogP contribution in [0.25, 0.3) is 0 Å². The zero-order valence-corrected chi connectivity index (χ0v) is 10.9. The van der Waals surface area contributed by atoms with Crippen molar-refractivity contribution >= 4 is 24.2 Å². The van der Waals surface area contributed by atoms with Crippen LogP contribution in [-0.2, 0) is 9.59 Å². The fraction of sp³-hybridized carbons (Fsp3) is 0.800. The third-order valence-corrected chi connectivity index (χ3v) is 2.02. The van der Waals surface area contributed by atoms with E-state index in [4.69, 9.17) is 5.73 Å². The molecule has 0 aromatic carbocycles. The molecule has 0 aliphatic carbocycles. The molecule has 0 saturated carbocycles. The van der Waals surface area contributed by atoms with E-state index in [1.54, 1.807) is 0 Å². The molecule has 16 heavy (non-hydrogen) atoms. The quantitative estimate of drug-likeness (QED) is 0.623. The number of rotatable bonds is 6. The van der Waals surface area contributed by atoms with Gasteiger partial charge in [-0.05, 0) is 12.3 Å². The van der Waals surface area contributed by atoms with E-state index in [-0.39, 0.29) is 36.7 Å². The molecule has 0 aliphatic rings. The zero-order chi connectivity index (χ0) is 11.8. The van der Waals surface area contributed by atoms with Gasteiger partial charge in [0.15, 0.2) is 0 Å². The Bertz CT molecular complexity index is 222. The van der Waals surface area contributed by atoms with Gasteiger partial charge in [-0.2, -0.15) is 0 Å². The van der Waals surface area contributed by atoms with Crippen molar-refractivity contribution in [3.8, 4) is 0 Å². The lowest BCUT2D eigenvalue weighted by Crippen LogP contribution is -2.47. The maximum atomic E-state index is 11.3. The second-order valence-electron chi connectivity index (χ2n) is 3.84. The van der Waals surface area contributed by atoms with Crippen LogP contribution in [0.5, 0.6) is 0 Å². The number of carbonyl (C=O) groups is 2. The predicted molar refractivity (Wildman–Crippen MR) is 66.4 cm³/mol. The normalized spacial score (nSPS) is 11.6. The number of amides is 2. The summed E-state index contributed by atoms with van der Waals surface area (Å²) in [5, 5.41) is 5.16. The maximum absolute atomic E-state index is 11.3. The molecular weight excluding hydrogens is 230 g/mol. The van der Waals surface area contributed by atoms with Gasteiger partial charge in [0.25, 0.3) is 0 Å². The molecule has 5 nitrogen and oxygen atoms in total. The smallest absolute Gasteiger partial charge is 0.239 e. The van der Waals surface area contributed by atoms with Gasteiger partial charge in [0.2, 0.25) is 11.8 Å². The molecule has 6 heteroatoms. The summed E-state index contributed by atoms with van der Waals surface area (Å²) >= 11 is 0. The molecule has 0 heterocycles. The lowest BCUT2D eigenvalue weighted by atomic mass is 10.1. The van der Waals surface area contributed by atoms with Crippen molar-refractivity contribution in [3.05, 3.63) is 0 Å². The van der Waals surface area contributed by atoms with E-state index >= 15 is 0 Å². The van der Waals surface area contributed by atoms with Crippen molar-refractivity contribution in [1.82, 2.24) is 10.6 Å². The van der Waals surface area contributed by atoms with Crippen LogP contribution in [0.15, 0.2) is 0 Å². The minimum Gasteiger partial charge on any atom is -0.355 e. The molecule has 0 rings (SSSR count). The van der Waals surface area contributed by atoms with E-state index in [2.05, 4.69) is 10.6 Å². The van der Waals surface area contributed by atoms with Crippen LogP contribution in [0, 0.1) is 5.92 Å². The van der Waals surface area contributed by atoms with Gasteiger partial charge >= 0.3 is 0 Å². The van der Waals surface area contributed by atoms with Crippen LogP contribution in [0.1, 0.15) is 27.2 Å². The number of nitrogens with two attached hydrogens (primary N) is 1. The fourth-order valence-electron chi connectivity index (χ4n) is 0.915. The average Bonchev–Trinajstić information content (AvgIpc) is 2.21. The summed E-state index contributed by atoms with van der Waals surface area (Å²) in [4.78, 5) is 22.5. The Morgan fingerprint density at radius 1 is 1.25 bits per heavy atom. The van der Waals surface area contributed by atoms with Gasteiger partial charge in [-0.3, -0.25) is 9.59 Å². The SMILES string of the molecule is CCCNC(=O)CNC(=O)[C@@H](N)C(C)C.Cl.